The summed E-state index contributed by atoms with van der Waals surface area (Å²) >= 11 is 0. The molecule has 0 atom stereocenters. The zero-order valence-electron chi connectivity index (χ0n) is 10.1. The van der Waals surface area contributed by atoms with E-state index >= 15 is 0 Å². The zero-order chi connectivity index (χ0) is 12.5. The molecule has 3 aromatic rings. The summed E-state index contributed by atoms with van der Waals surface area (Å²) in [6.45, 7) is 4.31. The third-order valence-corrected chi connectivity index (χ3v) is 2.50. The molecule has 7 nitrogen and oxygen atoms in total. The van der Waals surface area contributed by atoms with Crippen LogP contribution in [0, 0.1) is 13.8 Å². The fourth-order valence-corrected chi connectivity index (χ4v) is 1.73. The second-order valence-corrected chi connectivity index (χ2v) is 4.00. The predicted molar refractivity (Wildman–Crippen MR) is 65.0 cm³/mol. The SMILES string of the molecule is Cc1cc(CNc2ncnc3oc(C)nc23)n[nH]1. The molecule has 0 radical (unpaired) electrons. The number of aromatic amines is 1. The van der Waals surface area contributed by atoms with Gasteiger partial charge in [-0.15, -0.1) is 0 Å². The number of hydrogen-bond acceptors (Lipinski definition) is 6. The van der Waals surface area contributed by atoms with Crippen LogP contribution in [0.4, 0.5) is 5.82 Å². The Morgan fingerprint density at radius 1 is 1.33 bits per heavy atom. The van der Waals surface area contributed by atoms with Crippen LogP contribution < -0.4 is 5.32 Å². The van der Waals surface area contributed by atoms with E-state index in [-0.39, 0.29) is 0 Å². The van der Waals surface area contributed by atoms with Crippen molar-refractivity contribution in [2.24, 2.45) is 0 Å². The summed E-state index contributed by atoms with van der Waals surface area (Å²) in [6.07, 6.45) is 1.45. The minimum Gasteiger partial charge on any atom is -0.422 e. The number of aryl methyl sites for hydroxylation is 2. The van der Waals surface area contributed by atoms with Crippen molar-refractivity contribution >= 4 is 17.0 Å². The Hall–Kier alpha value is -2.44. The Morgan fingerprint density at radius 3 is 3.00 bits per heavy atom. The molecule has 3 heterocycles. The highest BCUT2D eigenvalue weighted by atomic mass is 16.4. The smallest absolute Gasteiger partial charge is 0.252 e. The Bertz CT molecular complexity index is 686. The van der Waals surface area contributed by atoms with Gasteiger partial charge >= 0.3 is 0 Å². The van der Waals surface area contributed by atoms with Crippen molar-refractivity contribution in [3.63, 3.8) is 0 Å². The van der Waals surface area contributed by atoms with Crippen molar-refractivity contribution in [1.29, 1.82) is 0 Å². The van der Waals surface area contributed by atoms with Crippen molar-refractivity contribution in [3.05, 3.63) is 29.7 Å². The van der Waals surface area contributed by atoms with Gasteiger partial charge in [-0.1, -0.05) is 0 Å². The van der Waals surface area contributed by atoms with Crippen LogP contribution in [0.1, 0.15) is 17.3 Å². The van der Waals surface area contributed by atoms with Gasteiger partial charge in [-0.25, -0.2) is 9.97 Å². The first-order valence-corrected chi connectivity index (χ1v) is 5.55. The molecule has 0 saturated carbocycles. The first kappa shape index (κ1) is 10.7. The second kappa shape index (κ2) is 4.10. The highest BCUT2D eigenvalue weighted by Gasteiger charge is 2.10. The number of H-pyrrole nitrogens is 1. The van der Waals surface area contributed by atoms with Crippen molar-refractivity contribution in [1.82, 2.24) is 25.1 Å². The molecule has 7 heteroatoms. The van der Waals surface area contributed by atoms with Crippen LogP contribution in [0.2, 0.25) is 0 Å². The second-order valence-electron chi connectivity index (χ2n) is 4.00. The quantitative estimate of drug-likeness (QED) is 0.726. The van der Waals surface area contributed by atoms with Gasteiger partial charge < -0.3 is 9.73 Å². The van der Waals surface area contributed by atoms with E-state index in [0.717, 1.165) is 11.4 Å². The molecule has 3 rings (SSSR count). The van der Waals surface area contributed by atoms with Gasteiger partial charge in [-0.3, -0.25) is 5.10 Å². The topological polar surface area (TPSA) is 92.5 Å². The fraction of sp³-hybridized carbons (Fsp3) is 0.273. The van der Waals surface area contributed by atoms with Crippen molar-refractivity contribution in [2.75, 3.05) is 5.32 Å². The molecule has 18 heavy (non-hydrogen) atoms. The molecule has 0 aliphatic rings. The highest BCUT2D eigenvalue weighted by molar-refractivity contribution is 5.80. The molecule has 0 bridgehead atoms. The number of fused-ring (bicyclic) bond motifs is 1. The first-order valence-electron chi connectivity index (χ1n) is 5.55. The number of anilines is 1. The number of hydrogen-bond donors (Lipinski definition) is 2. The molecule has 2 N–H and O–H groups in total. The zero-order valence-corrected chi connectivity index (χ0v) is 10.1. The van der Waals surface area contributed by atoms with Crippen LogP contribution >= 0.6 is 0 Å². The minimum absolute atomic E-state index is 0.489. The van der Waals surface area contributed by atoms with Gasteiger partial charge in [0.1, 0.15) is 6.33 Å². The van der Waals surface area contributed by atoms with Gasteiger partial charge in [-0.2, -0.15) is 10.1 Å². The van der Waals surface area contributed by atoms with Gasteiger partial charge in [0.25, 0.3) is 5.71 Å². The average Bonchev–Trinajstić information content (AvgIpc) is 2.91. The van der Waals surface area contributed by atoms with Gasteiger partial charge in [0, 0.05) is 12.6 Å². The number of rotatable bonds is 3. The lowest BCUT2D eigenvalue weighted by molar-refractivity contribution is 0.551. The Balaban J connectivity index is 1.86. The number of aromatic nitrogens is 5. The highest BCUT2D eigenvalue weighted by Crippen LogP contribution is 2.19. The first-order chi connectivity index (χ1) is 8.72. The predicted octanol–water partition coefficient (Wildman–Crippen LogP) is 1.57. The number of nitrogens with one attached hydrogen (secondary N) is 2. The summed E-state index contributed by atoms with van der Waals surface area (Å²) in [6, 6.07) is 1.97. The molecule has 0 aliphatic carbocycles. The third-order valence-electron chi connectivity index (χ3n) is 2.50. The molecular formula is C11H12N6O. The summed E-state index contributed by atoms with van der Waals surface area (Å²) in [5, 5.41) is 10.2. The van der Waals surface area contributed by atoms with Crippen LogP contribution in [0.3, 0.4) is 0 Å². The van der Waals surface area contributed by atoms with Gasteiger partial charge in [0.2, 0.25) is 0 Å². The Morgan fingerprint density at radius 2 is 2.22 bits per heavy atom. The summed E-state index contributed by atoms with van der Waals surface area (Å²) in [5.74, 6) is 1.22. The molecule has 0 aromatic carbocycles. The van der Waals surface area contributed by atoms with Crippen LogP contribution in [0.25, 0.3) is 11.2 Å². The maximum atomic E-state index is 5.34. The van der Waals surface area contributed by atoms with E-state index in [1.54, 1.807) is 6.92 Å². The molecule has 3 aromatic heterocycles. The molecule has 0 amide bonds. The van der Waals surface area contributed by atoms with Gasteiger partial charge in [0.05, 0.1) is 12.2 Å². The molecular weight excluding hydrogens is 232 g/mol. The van der Waals surface area contributed by atoms with E-state index < -0.39 is 0 Å². The monoisotopic (exact) mass is 244 g/mol. The fourth-order valence-electron chi connectivity index (χ4n) is 1.73. The van der Waals surface area contributed by atoms with Gasteiger partial charge in [-0.05, 0) is 13.0 Å². The number of oxazole rings is 1. The Labute approximate surface area is 103 Å². The van der Waals surface area contributed by atoms with Crippen molar-refractivity contribution in [2.45, 2.75) is 20.4 Å². The summed E-state index contributed by atoms with van der Waals surface area (Å²) in [7, 11) is 0. The van der Waals surface area contributed by atoms with E-state index in [1.807, 2.05) is 13.0 Å². The van der Waals surface area contributed by atoms with Crippen molar-refractivity contribution < 1.29 is 4.42 Å². The van der Waals surface area contributed by atoms with Crippen LogP contribution in [0.5, 0.6) is 0 Å². The molecule has 0 spiro atoms. The van der Waals surface area contributed by atoms with Crippen LogP contribution in [-0.4, -0.2) is 25.1 Å². The summed E-state index contributed by atoms with van der Waals surface area (Å²) < 4.78 is 5.34. The lowest BCUT2D eigenvalue weighted by atomic mass is 10.3. The third kappa shape index (κ3) is 1.90. The maximum absolute atomic E-state index is 5.34. The van der Waals surface area contributed by atoms with E-state index in [9.17, 15) is 0 Å². The average molecular weight is 244 g/mol. The van der Waals surface area contributed by atoms with E-state index in [0.29, 0.717) is 29.5 Å². The molecule has 0 unspecified atom stereocenters. The summed E-state index contributed by atoms with van der Waals surface area (Å²) in [5.41, 5.74) is 3.07. The lowest BCUT2D eigenvalue weighted by Gasteiger charge is -2.02. The van der Waals surface area contributed by atoms with E-state index in [4.69, 9.17) is 4.42 Å². The molecule has 0 saturated heterocycles. The lowest BCUT2D eigenvalue weighted by Crippen LogP contribution is -2.02. The van der Waals surface area contributed by atoms with Crippen LogP contribution in [0.15, 0.2) is 16.8 Å². The number of nitrogens with zero attached hydrogens (tertiary/aromatic N) is 4. The van der Waals surface area contributed by atoms with E-state index in [1.165, 1.54) is 6.33 Å². The van der Waals surface area contributed by atoms with E-state index in [2.05, 4.69) is 30.5 Å². The maximum Gasteiger partial charge on any atom is 0.252 e. The van der Waals surface area contributed by atoms with Crippen LogP contribution in [-0.2, 0) is 6.54 Å². The molecule has 92 valence electrons. The summed E-state index contributed by atoms with van der Waals surface area (Å²) in [4.78, 5) is 12.4. The standard InChI is InChI=1S/C11H12N6O/c1-6-3-8(17-16-6)4-12-10-9-11(14-5-13-10)18-7(2)15-9/h3,5H,4H2,1-2H3,(H,16,17)(H,12,13,14). The normalized spacial score (nSPS) is 11.0. The molecule has 0 fully saturated rings. The van der Waals surface area contributed by atoms with Gasteiger partial charge in [0.15, 0.2) is 17.2 Å². The minimum atomic E-state index is 0.489. The molecule has 0 aliphatic heterocycles. The Kier molecular flexibility index (Phi) is 2.44. The largest absolute Gasteiger partial charge is 0.422 e. The van der Waals surface area contributed by atoms with Crippen molar-refractivity contribution in [3.8, 4) is 0 Å².